The molecule has 0 bridgehead atoms. The van der Waals surface area contributed by atoms with E-state index in [1.807, 2.05) is 6.92 Å². The van der Waals surface area contributed by atoms with Crippen LogP contribution in [0.5, 0.6) is 0 Å². The van der Waals surface area contributed by atoms with E-state index >= 15 is 0 Å². The lowest BCUT2D eigenvalue weighted by Crippen LogP contribution is -2.46. The molecule has 1 fully saturated rings. The molecule has 1 aromatic carbocycles. The molecule has 31 heavy (non-hydrogen) atoms. The Morgan fingerprint density at radius 2 is 1.90 bits per heavy atom. The van der Waals surface area contributed by atoms with Crippen molar-refractivity contribution in [2.24, 2.45) is 0 Å². The SMILES string of the molecule is CCCCCCCCC(C(=O)OCCC)N1CCC(c2noc3cc(F)ccc23)CC1. The quantitative estimate of drug-likeness (QED) is 0.294. The molecule has 0 saturated carbocycles. The summed E-state index contributed by atoms with van der Waals surface area (Å²) < 4.78 is 24.3. The Bertz CT molecular complexity index is 814. The Labute approximate surface area is 185 Å². The zero-order valence-corrected chi connectivity index (χ0v) is 19.1. The summed E-state index contributed by atoms with van der Waals surface area (Å²) in [6.07, 6.45) is 10.8. The molecule has 1 atom stereocenters. The summed E-state index contributed by atoms with van der Waals surface area (Å²) in [5.41, 5.74) is 1.41. The van der Waals surface area contributed by atoms with Gasteiger partial charge in [0.15, 0.2) is 5.58 Å². The number of carbonyl (C=O) groups excluding carboxylic acids is 1. The van der Waals surface area contributed by atoms with Gasteiger partial charge in [-0.1, -0.05) is 57.5 Å². The van der Waals surface area contributed by atoms with Crippen molar-refractivity contribution in [3.8, 4) is 0 Å². The Balaban J connectivity index is 1.57. The second-order valence-electron chi connectivity index (χ2n) is 8.76. The molecule has 1 aliphatic heterocycles. The third kappa shape index (κ3) is 6.52. The monoisotopic (exact) mass is 432 g/mol. The molecule has 0 N–H and O–H groups in total. The van der Waals surface area contributed by atoms with E-state index in [0.717, 1.165) is 56.3 Å². The second-order valence-corrected chi connectivity index (χ2v) is 8.76. The Kier molecular flexibility index (Phi) is 9.31. The van der Waals surface area contributed by atoms with Crippen molar-refractivity contribution in [2.45, 2.75) is 90.0 Å². The van der Waals surface area contributed by atoms with Crippen LogP contribution in [0.4, 0.5) is 4.39 Å². The minimum atomic E-state index is -0.312. The number of likely N-dealkylation sites (tertiary alicyclic amines) is 1. The van der Waals surface area contributed by atoms with Gasteiger partial charge in [-0.2, -0.15) is 0 Å². The number of rotatable bonds is 12. The van der Waals surface area contributed by atoms with Crippen LogP contribution in [0.15, 0.2) is 22.7 Å². The fourth-order valence-corrected chi connectivity index (χ4v) is 4.58. The van der Waals surface area contributed by atoms with Crippen molar-refractivity contribution in [3.63, 3.8) is 0 Å². The molecule has 172 valence electrons. The van der Waals surface area contributed by atoms with Gasteiger partial charge in [0.2, 0.25) is 0 Å². The molecule has 1 aliphatic rings. The summed E-state index contributed by atoms with van der Waals surface area (Å²) in [6.45, 7) is 6.41. The number of unbranched alkanes of at least 4 members (excludes halogenated alkanes) is 5. The molecule has 1 saturated heterocycles. The summed E-state index contributed by atoms with van der Waals surface area (Å²) in [5.74, 6) is -0.117. The maximum atomic E-state index is 13.4. The Morgan fingerprint density at radius 3 is 2.65 bits per heavy atom. The highest BCUT2D eigenvalue weighted by Gasteiger charge is 2.32. The van der Waals surface area contributed by atoms with E-state index in [1.54, 1.807) is 6.07 Å². The van der Waals surface area contributed by atoms with E-state index in [1.165, 1.54) is 44.2 Å². The fourth-order valence-electron chi connectivity index (χ4n) is 4.58. The predicted octanol–water partition coefficient (Wildman–Crippen LogP) is 6.22. The molecule has 6 heteroatoms. The molecule has 2 aromatic rings. The average Bonchev–Trinajstić information content (AvgIpc) is 3.20. The number of aromatic nitrogens is 1. The van der Waals surface area contributed by atoms with E-state index in [2.05, 4.69) is 17.0 Å². The molecule has 0 aliphatic carbocycles. The van der Waals surface area contributed by atoms with E-state index < -0.39 is 0 Å². The third-order valence-corrected chi connectivity index (χ3v) is 6.37. The van der Waals surface area contributed by atoms with Crippen LogP contribution in [0, 0.1) is 5.82 Å². The molecule has 3 rings (SSSR count). The molecule has 2 heterocycles. The highest BCUT2D eigenvalue weighted by Crippen LogP contribution is 2.33. The van der Waals surface area contributed by atoms with E-state index in [0.29, 0.717) is 12.2 Å². The summed E-state index contributed by atoms with van der Waals surface area (Å²) in [4.78, 5) is 15.1. The third-order valence-electron chi connectivity index (χ3n) is 6.37. The molecular weight excluding hydrogens is 395 g/mol. The van der Waals surface area contributed by atoms with Crippen molar-refractivity contribution < 1.29 is 18.4 Å². The molecular formula is C25H37FN2O3. The molecule has 0 radical (unpaired) electrons. The van der Waals surface area contributed by atoms with Crippen molar-refractivity contribution in [2.75, 3.05) is 19.7 Å². The van der Waals surface area contributed by atoms with Gasteiger partial charge in [0, 0.05) is 17.4 Å². The smallest absolute Gasteiger partial charge is 0.323 e. The van der Waals surface area contributed by atoms with Crippen LogP contribution < -0.4 is 0 Å². The van der Waals surface area contributed by atoms with Gasteiger partial charge in [0.05, 0.1) is 12.3 Å². The number of esters is 1. The lowest BCUT2D eigenvalue weighted by Gasteiger charge is -2.36. The lowest BCUT2D eigenvalue weighted by atomic mass is 9.90. The first-order chi connectivity index (χ1) is 15.1. The van der Waals surface area contributed by atoms with Gasteiger partial charge >= 0.3 is 5.97 Å². The minimum Gasteiger partial charge on any atom is -0.465 e. The minimum absolute atomic E-state index is 0.0729. The zero-order valence-electron chi connectivity index (χ0n) is 19.1. The first kappa shape index (κ1) is 23.7. The molecule has 1 aromatic heterocycles. The summed E-state index contributed by atoms with van der Waals surface area (Å²) in [6, 6.07) is 4.45. The highest BCUT2D eigenvalue weighted by molar-refractivity contribution is 5.80. The zero-order chi connectivity index (χ0) is 22.1. The number of hydrogen-bond acceptors (Lipinski definition) is 5. The number of carbonyl (C=O) groups is 1. The van der Waals surface area contributed by atoms with Crippen LogP contribution in [-0.2, 0) is 9.53 Å². The van der Waals surface area contributed by atoms with Gasteiger partial charge in [0.25, 0.3) is 0 Å². The van der Waals surface area contributed by atoms with Gasteiger partial charge in [0.1, 0.15) is 11.9 Å². The van der Waals surface area contributed by atoms with Gasteiger partial charge < -0.3 is 9.26 Å². The van der Waals surface area contributed by atoms with Crippen molar-refractivity contribution in [3.05, 3.63) is 29.7 Å². The first-order valence-electron chi connectivity index (χ1n) is 12.1. The Hall–Kier alpha value is -1.95. The van der Waals surface area contributed by atoms with Crippen LogP contribution >= 0.6 is 0 Å². The molecule has 0 spiro atoms. The summed E-state index contributed by atoms with van der Waals surface area (Å²) >= 11 is 0. The number of fused-ring (bicyclic) bond motifs is 1. The maximum absolute atomic E-state index is 13.4. The summed E-state index contributed by atoms with van der Waals surface area (Å²) in [7, 11) is 0. The van der Waals surface area contributed by atoms with Crippen molar-refractivity contribution in [1.82, 2.24) is 10.1 Å². The fraction of sp³-hybridized carbons (Fsp3) is 0.680. The maximum Gasteiger partial charge on any atom is 0.323 e. The number of ether oxygens (including phenoxy) is 1. The van der Waals surface area contributed by atoms with Gasteiger partial charge in [-0.05, 0) is 50.9 Å². The molecule has 0 amide bonds. The van der Waals surface area contributed by atoms with Crippen LogP contribution in [0.3, 0.4) is 0 Å². The number of piperidine rings is 1. The normalized spacial score (nSPS) is 16.6. The van der Waals surface area contributed by atoms with Crippen LogP contribution in [0.2, 0.25) is 0 Å². The lowest BCUT2D eigenvalue weighted by molar-refractivity contribution is -0.151. The summed E-state index contributed by atoms with van der Waals surface area (Å²) in [5, 5.41) is 5.13. The average molecular weight is 433 g/mol. The number of nitrogens with zero attached hydrogens (tertiary/aromatic N) is 2. The van der Waals surface area contributed by atoms with Crippen LogP contribution in [0.1, 0.15) is 89.7 Å². The van der Waals surface area contributed by atoms with Crippen LogP contribution in [0.25, 0.3) is 11.0 Å². The number of hydrogen-bond donors (Lipinski definition) is 0. The second kappa shape index (κ2) is 12.2. The highest BCUT2D eigenvalue weighted by atomic mass is 19.1. The van der Waals surface area contributed by atoms with Crippen LogP contribution in [-0.4, -0.2) is 41.8 Å². The van der Waals surface area contributed by atoms with Gasteiger partial charge in [-0.25, -0.2) is 4.39 Å². The topological polar surface area (TPSA) is 55.6 Å². The van der Waals surface area contributed by atoms with Gasteiger partial charge in [-0.3, -0.25) is 9.69 Å². The Morgan fingerprint density at radius 1 is 1.16 bits per heavy atom. The van der Waals surface area contributed by atoms with Crippen molar-refractivity contribution in [1.29, 1.82) is 0 Å². The predicted molar refractivity (Wildman–Crippen MR) is 121 cm³/mol. The van der Waals surface area contributed by atoms with Gasteiger partial charge in [-0.15, -0.1) is 0 Å². The largest absolute Gasteiger partial charge is 0.465 e. The van der Waals surface area contributed by atoms with E-state index in [-0.39, 0.29) is 23.7 Å². The van der Waals surface area contributed by atoms with Crippen molar-refractivity contribution >= 4 is 16.9 Å². The number of benzene rings is 1. The van der Waals surface area contributed by atoms with E-state index in [9.17, 15) is 9.18 Å². The molecule has 5 nitrogen and oxygen atoms in total. The molecule has 1 unspecified atom stereocenters. The number of halogens is 1. The standard InChI is InChI=1S/C25H37FN2O3/c1-3-5-6-7-8-9-10-22(25(29)30-17-4-2)28-15-13-19(14-16-28)24-21-12-11-20(26)18-23(21)31-27-24/h11-12,18-19,22H,3-10,13-17H2,1-2H3. The first-order valence-corrected chi connectivity index (χ1v) is 12.1. The van der Waals surface area contributed by atoms with E-state index in [4.69, 9.17) is 9.26 Å².